The third kappa shape index (κ3) is 1.99. The molecule has 0 amide bonds. The lowest BCUT2D eigenvalue weighted by Gasteiger charge is -2.29. The van der Waals surface area contributed by atoms with Crippen molar-refractivity contribution in [3.8, 4) is 0 Å². The molecule has 0 aromatic carbocycles. The van der Waals surface area contributed by atoms with Crippen LogP contribution in [0.5, 0.6) is 0 Å². The Balaban J connectivity index is 2.02. The van der Waals surface area contributed by atoms with Gasteiger partial charge < -0.3 is 20.4 Å². The number of nitrogens with zero attached hydrogens (tertiary/aromatic N) is 3. The minimum absolute atomic E-state index is 0.128. The van der Waals surface area contributed by atoms with Crippen LogP contribution >= 0.6 is 0 Å². The summed E-state index contributed by atoms with van der Waals surface area (Å²) in [6.45, 7) is 4.99. The summed E-state index contributed by atoms with van der Waals surface area (Å²) in [5.41, 5.74) is 1.34. The highest BCUT2D eigenvalue weighted by Crippen LogP contribution is 2.31. The molecular weight excluding hydrogens is 244 g/mol. The Kier molecular flexibility index (Phi) is 2.78. The number of imidazole rings is 1. The SMILES string of the molecule is CNc1nc(NC2(C)CCOC2C)c2[nH]cnc2n1. The van der Waals surface area contributed by atoms with Crippen LogP contribution in [0.4, 0.5) is 11.8 Å². The molecule has 2 unspecified atom stereocenters. The summed E-state index contributed by atoms with van der Waals surface area (Å²) in [6, 6.07) is 0. The zero-order valence-electron chi connectivity index (χ0n) is 11.3. The topological polar surface area (TPSA) is 87.8 Å². The molecule has 0 radical (unpaired) electrons. The number of anilines is 2. The highest BCUT2D eigenvalue weighted by molar-refractivity contribution is 5.84. The Morgan fingerprint density at radius 3 is 3.00 bits per heavy atom. The highest BCUT2D eigenvalue weighted by atomic mass is 16.5. The molecule has 3 rings (SSSR count). The Morgan fingerprint density at radius 1 is 1.47 bits per heavy atom. The molecule has 3 heterocycles. The Labute approximate surface area is 111 Å². The first-order valence-corrected chi connectivity index (χ1v) is 6.41. The minimum Gasteiger partial charge on any atom is -0.376 e. The fourth-order valence-corrected chi connectivity index (χ4v) is 2.30. The maximum atomic E-state index is 5.64. The average molecular weight is 262 g/mol. The van der Waals surface area contributed by atoms with Crippen molar-refractivity contribution in [2.45, 2.75) is 31.9 Å². The van der Waals surface area contributed by atoms with Gasteiger partial charge in [0.05, 0.1) is 18.0 Å². The van der Waals surface area contributed by atoms with E-state index in [1.807, 2.05) is 0 Å². The molecule has 2 aromatic rings. The maximum Gasteiger partial charge on any atom is 0.226 e. The molecule has 2 atom stereocenters. The second-order valence-electron chi connectivity index (χ2n) is 5.05. The summed E-state index contributed by atoms with van der Waals surface area (Å²) in [5, 5.41) is 6.43. The zero-order valence-corrected chi connectivity index (χ0v) is 11.3. The molecule has 0 aliphatic carbocycles. The van der Waals surface area contributed by atoms with Gasteiger partial charge in [0.25, 0.3) is 0 Å². The van der Waals surface area contributed by atoms with Crippen LogP contribution in [-0.2, 0) is 4.74 Å². The largest absolute Gasteiger partial charge is 0.376 e. The molecule has 0 bridgehead atoms. The van der Waals surface area contributed by atoms with Crippen LogP contribution in [0.25, 0.3) is 11.2 Å². The van der Waals surface area contributed by atoms with E-state index in [0.29, 0.717) is 11.6 Å². The quantitative estimate of drug-likeness (QED) is 0.774. The van der Waals surface area contributed by atoms with Crippen molar-refractivity contribution in [1.29, 1.82) is 0 Å². The molecule has 7 nitrogen and oxygen atoms in total. The van der Waals surface area contributed by atoms with Crippen molar-refractivity contribution in [2.24, 2.45) is 0 Å². The zero-order chi connectivity index (χ0) is 13.5. The molecule has 1 aliphatic rings. The minimum atomic E-state index is -0.128. The van der Waals surface area contributed by atoms with E-state index in [4.69, 9.17) is 4.74 Å². The van der Waals surface area contributed by atoms with E-state index in [1.165, 1.54) is 0 Å². The van der Waals surface area contributed by atoms with E-state index in [-0.39, 0.29) is 11.6 Å². The molecule has 0 saturated carbocycles. The molecule has 102 valence electrons. The molecule has 1 aliphatic heterocycles. The first kappa shape index (κ1) is 12.2. The van der Waals surface area contributed by atoms with E-state index in [1.54, 1.807) is 13.4 Å². The third-order valence-electron chi connectivity index (χ3n) is 3.80. The maximum absolute atomic E-state index is 5.64. The summed E-state index contributed by atoms with van der Waals surface area (Å²) in [7, 11) is 1.79. The number of hydrogen-bond acceptors (Lipinski definition) is 6. The molecule has 0 spiro atoms. The van der Waals surface area contributed by atoms with Crippen LogP contribution in [0.1, 0.15) is 20.3 Å². The van der Waals surface area contributed by atoms with Crippen LogP contribution in [0.2, 0.25) is 0 Å². The van der Waals surface area contributed by atoms with Gasteiger partial charge in [-0.2, -0.15) is 9.97 Å². The summed E-state index contributed by atoms with van der Waals surface area (Å²) >= 11 is 0. The number of H-pyrrole nitrogens is 1. The number of aromatic nitrogens is 4. The molecule has 2 aromatic heterocycles. The first-order valence-electron chi connectivity index (χ1n) is 6.41. The molecule has 19 heavy (non-hydrogen) atoms. The van der Waals surface area contributed by atoms with Gasteiger partial charge in [0.15, 0.2) is 11.5 Å². The van der Waals surface area contributed by atoms with Crippen molar-refractivity contribution in [3.05, 3.63) is 6.33 Å². The van der Waals surface area contributed by atoms with Crippen molar-refractivity contribution < 1.29 is 4.74 Å². The predicted molar refractivity (Wildman–Crippen MR) is 73.3 cm³/mol. The Hall–Kier alpha value is -1.89. The van der Waals surface area contributed by atoms with Gasteiger partial charge in [0, 0.05) is 13.7 Å². The number of aromatic amines is 1. The van der Waals surface area contributed by atoms with Crippen molar-refractivity contribution in [1.82, 2.24) is 19.9 Å². The lowest BCUT2D eigenvalue weighted by atomic mass is 9.95. The molecule has 1 fully saturated rings. The number of hydrogen-bond donors (Lipinski definition) is 3. The van der Waals surface area contributed by atoms with E-state index in [2.05, 4.69) is 44.4 Å². The van der Waals surface area contributed by atoms with Gasteiger partial charge in [-0.1, -0.05) is 0 Å². The molecule has 3 N–H and O–H groups in total. The van der Waals surface area contributed by atoms with E-state index >= 15 is 0 Å². The Morgan fingerprint density at radius 2 is 2.32 bits per heavy atom. The van der Waals surface area contributed by atoms with Gasteiger partial charge in [-0.3, -0.25) is 0 Å². The number of ether oxygens (including phenoxy) is 1. The van der Waals surface area contributed by atoms with Crippen LogP contribution in [0, 0.1) is 0 Å². The fourth-order valence-electron chi connectivity index (χ4n) is 2.30. The fraction of sp³-hybridized carbons (Fsp3) is 0.583. The van der Waals surface area contributed by atoms with Gasteiger partial charge in [-0.05, 0) is 20.3 Å². The Bertz CT molecular complexity index is 597. The standard InChI is InChI=1S/C12H18N6O/c1-7-12(2,4-5-19-7)18-10-8-9(15-6-14-8)16-11(13-3)17-10/h6-7H,4-5H2,1-3H3,(H3,13,14,15,16,17,18). The predicted octanol–water partition coefficient (Wildman–Crippen LogP) is 1.37. The lowest BCUT2D eigenvalue weighted by Crippen LogP contribution is -2.41. The second-order valence-corrected chi connectivity index (χ2v) is 5.05. The van der Waals surface area contributed by atoms with Crippen molar-refractivity contribution in [2.75, 3.05) is 24.3 Å². The average Bonchev–Trinajstić information content (AvgIpc) is 2.97. The number of nitrogens with one attached hydrogen (secondary N) is 3. The van der Waals surface area contributed by atoms with Gasteiger partial charge in [-0.15, -0.1) is 0 Å². The van der Waals surface area contributed by atoms with Crippen molar-refractivity contribution in [3.63, 3.8) is 0 Å². The van der Waals surface area contributed by atoms with Crippen LogP contribution in [-0.4, -0.2) is 45.2 Å². The summed E-state index contributed by atoms with van der Waals surface area (Å²) < 4.78 is 5.64. The summed E-state index contributed by atoms with van der Waals surface area (Å²) in [6.07, 6.45) is 2.71. The summed E-state index contributed by atoms with van der Waals surface area (Å²) in [5.74, 6) is 1.31. The van der Waals surface area contributed by atoms with Crippen LogP contribution in [0.15, 0.2) is 6.33 Å². The van der Waals surface area contributed by atoms with Crippen LogP contribution in [0.3, 0.4) is 0 Å². The van der Waals surface area contributed by atoms with E-state index in [0.717, 1.165) is 24.4 Å². The smallest absolute Gasteiger partial charge is 0.226 e. The summed E-state index contributed by atoms with van der Waals surface area (Å²) in [4.78, 5) is 16.0. The molecule has 7 heteroatoms. The van der Waals surface area contributed by atoms with Crippen LogP contribution < -0.4 is 10.6 Å². The normalized spacial score (nSPS) is 26.8. The van der Waals surface area contributed by atoms with Gasteiger partial charge in [0.1, 0.15) is 5.52 Å². The molecular formula is C12H18N6O. The van der Waals surface area contributed by atoms with Gasteiger partial charge in [-0.25, -0.2) is 4.98 Å². The van der Waals surface area contributed by atoms with Gasteiger partial charge in [0.2, 0.25) is 5.95 Å². The monoisotopic (exact) mass is 262 g/mol. The first-order chi connectivity index (χ1) is 9.12. The lowest BCUT2D eigenvalue weighted by molar-refractivity contribution is 0.105. The highest BCUT2D eigenvalue weighted by Gasteiger charge is 2.37. The number of rotatable bonds is 3. The van der Waals surface area contributed by atoms with E-state index in [9.17, 15) is 0 Å². The van der Waals surface area contributed by atoms with Gasteiger partial charge >= 0.3 is 0 Å². The second kappa shape index (κ2) is 4.34. The van der Waals surface area contributed by atoms with E-state index < -0.39 is 0 Å². The van der Waals surface area contributed by atoms with Crippen molar-refractivity contribution >= 4 is 22.9 Å². The third-order valence-corrected chi connectivity index (χ3v) is 3.80. The molecule has 1 saturated heterocycles. The number of fused-ring (bicyclic) bond motifs is 1.